The zero-order chi connectivity index (χ0) is 11.5. The number of halogens is 1. The molecule has 0 bridgehead atoms. The third-order valence-electron chi connectivity index (χ3n) is 2.39. The molecule has 1 aromatic carbocycles. The fourth-order valence-electron chi connectivity index (χ4n) is 1.54. The molecule has 1 heterocycles. The monoisotopic (exact) mass is 236 g/mol. The Kier molecular flexibility index (Phi) is 3.01. The smallest absolute Gasteiger partial charge is 0.142 e. The standard InChI is InChI=1S/C11H13ClN4/c1-16(10-6-14-15-11(10)13)7-8-2-4-9(12)5-3-8/h2-6H,7H2,1H3,(H3,13,14,15). The first-order valence-electron chi connectivity index (χ1n) is 4.91. The van der Waals surface area contributed by atoms with Crippen molar-refractivity contribution in [3.8, 4) is 0 Å². The second-order valence-electron chi connectivity index (χ2n) is 3.65. The number of rotatable bonds is 3. The number of nitrogen functional groups attached to an aromatic ring is 1. The van der Waals surface area contributed by atoms with Crippen molar-refractivity contribution in [2.24, 2.45) is 0 Å². The predicted octanol–water partition coefficient (Wildman–Crippen LogP) is 2.28. The Labute approximate surface area is 99.0 Å². The first-order valence-corrected chi connectivity index (χ1v) is 5.29. The number of hydrogen-bond donors (Lipinski definition) is 2. The SMILES string of the molecule is CN(Cc1ccc(Cl)cc1)c1cn[nH]c1N. The van der Waals surface area contributed by atoms with Gasteiger partial charge in [0.15, 0.2) is 0 Å². The van der Waals surface area contributed by atoms with Gasteiger partial charge in [0.05, 0.1) is 11.9 Å². The number of H-pyrrole nitrogens is 1. The van der Waals surface area contributed by atoms with E-state index in [0.29, 0.717) is 5.82 Å². The lowest BCUT2D eigenvalue weighted by molar-refractivity contribution is 0.925. The molecular formula is C11H13ClN4. The highest BCUT2D eigenvalue weighted by molar-refractivity contribution is 6.30. The Morgan fingerprint density at radius 2 is 2.06 bits per heavy atom. The summed E-state index contributed by atoms with van der Waals surface area (Å²) in [5, 5.41) is 7.34. The van der Waals surface area contributed by atoms with Crippen molar-refractivity contribution in [3.63, 3.8) is 0 Å². The number of anilines is 2. The highest BCUT2D eigenvalue weighted by Gasteiger charge is 2.07. The quantitative estimate of drug-likeness (QED) is 0.860. The van der Waals surface area contributed by atoms with E-state index in [1.807, 2.05) is 36.2 Å². The molecule has 2 aromatic rings. The molecule has 0 aliphatic rings. The third kappa shape index (κ3) is 2.28. The van der Waals surface area contributed by atoms with E-state index in [9.17, 15) is 0 Å². The summed E-state index contributed by atoms with van der Waals surface area (Å²) in [4.78, 5) is 2.03. The molecule has 3 N–H and O–H groups in total. The topological polar surface area (TPSA) is 57.9 Å². The second kappa shape index (κ2) is 4.45. The number of benzene rings is 1. The summed E-state index contributed by atoms with van der Waals surface area (Å²) in [6.07, 6.45) is 1.71. The Bertz CT molecular complexity index is 463. The third-order valence-corrected chi connectivity index (χ3v) is 2.64. The van der Waals surface area contributed by atoms with E-state index in [0.717, 1.165) is 17.3 Å². The zero-order valence-corrected chi connectivity index (χ0v) is 9.70. The predicted molar refractivity (Wildman–Crippen MR) is 66.6 cm³/mol. The van der Waals surface area contributed by atoms with E-state index in [-0.39, 0.29) is 0 Å². The summed E-state index contributed by atoms with van der Waals surface area (Å²) >= 11 is 5.82. The molecule has 2 rings (SSSR count). The molecule has 0 fully saturated rings. The maximum absolute atomic E-state index is 5.82. The maximum Gasteiger partial charge on any atom is 0.142 e. The van der Waals surface area contributed by atoms with Gasteiger partial charge < -0.3 is 10.6 Å². The second-order valence-corrected chi connectivity index (χ2v) is 4.09. The average Bonchev–Trinajstić information content (AvgIpc) is 2.68. The van der Waals surface area contributed by atoms with Gasteiger partial charge in [-0.1, -0.05) is 23.7 Å². The molecule has 0 aliphatic carbocycles. The summed E-state index contributed by atoms with van der Waals surface area (Å²) in [7, 11) is 1.97. The van der Waals surface area contributed by atoms with Crippen LogP contribution in [-0.4, -0.2) is 17.2 Å². The van der Waals surface area contributed by atoms with Crippen LogP contribution in [0.25, 0.3) is 0 Å². The van der Waals surface area contributed by atoms with Gasteiger partial charge in [-0.15, -0.1) is 0 Å². The van der Waals surface area contributed by atoms with Gasteiger partial charge in [0, 0.05) is 18.6 Å². The van der Waals surface area contributed by atoms with Gasteiger partial charge in [-0.05, 0) is 17.7 Å². The van der Waals surface area contributed by atoms with Crippen LogP contribution in [0.2, 0.25) is 5.02 Å². The minimum atomic E-state index is 0.580. The molecule has 0 unspecified atom stereocenters. The first kappa shape index (κ1) is 10.8. The Balaban J connectivity index is 2.10. The Morgan fingerprint density at radius 3 is 2.62 bits per heavy atom. The van der Waals surface area contributed by atoms with Crippen LogP contribution in [0.4, 0.5) is 11.5 Å². The molecule has 0 radical (unpaired) electrons. The molecule has 0 spiro atoms. The molecular weight excluding hydrogens is 224 g/mol. The largest absolute Gasteiger partial charge is 0.382 e. The molecule has 0 saturated carbocycles. The minimum absolute atomic E-state index is 0.580. The summed E-state index contributed by atoms with van der Waals surface area (Å²) in [6.45, 7) is 0.765. The first-order chi connectivity index (χ1) is 7.66. The van der Waals surface area contributed by atoms with Crippen molar-refractivity contribution in [1.82, 2.24) is 10.2 Å². The van der Waals surface area contributed by atoms with Crippen LogP contribution >= 0.6 is 11.6 Å². The van der Waals surface area contributed by atoms with Crippen molar-refractivity contribution >= 4 is 23.1 Å². The van der Waals surface area contributed by atoms with E-state index in [2.05, 4.69) is 10.2 Å². The lowest BCUT2D eigenvalue weighted by Gasteiger charge is -2.17. The number of aromatic amines is 1. The van der Waals surface area contributed by atoms with Crippen molar-refractivity contribution in [2.75, 3.05) is 17.7 Å². The number of nitrogens with two attached hydrogens (primary N) is 1. The number of nitrogens with zero attached hydrogens (tertiary/aromatic N) is 2. The van der Waals surface area contributed by atoms with Crippen molar-refractivity contribution in [2.45, 2.75) is 6.54 Å². The van der Waals surface area contributed by atoms with Crippen LogP contribution < -0.4 is 10.6 Å². The van der Waals surface area contributed by atoms with Crippen molar-refractivity contribution < 1.29 is 0 Å². The minimum Gasteiger partial charge on any atom is -0.382 e. The molecule has 1 aromatic heterocycles. The number of aromatic nitrogens is 2. The fraction of sp³-hybridized carbons (Fsp3) is 0.182. The average molecular weight is 237 g/mol. The highest BCUT2D eigenvalue weighted by atomic mass is 35.5. The van der Waals surface area contributed by atoms with Crippen LogP contribution in [0.1, 0.15) is 5.56 Å². The van der Waals surface area contributed by atoms with Gasteiger partial charge in [-0.2, -0.15) is 5.10 Å². The molecule has 0 saturated heterocycles. The maximum atomic E-state index is 5.82. The van der Waals surface area contributed by atoms with Crippen LogP contribution in [-0.2, 0) is 6.54 Å². The molecule has 5 heteroatoms. The van der Waals surface area contributed by atoms with E-state index in [1.165, 1.54) is 5.56 Å². The lowest BCUT2D eigenvalue weighted by Crippen LogP contribution is -2.16. The van der Waals surface area contributed by atoms with Crippen LogP contribution in [0.5, 0.6) is 0 Å². The van der Waals surface area contributed by atoms with Gasteiger partial charge in [-0.25, -0.2) is 0 Å². The summed E-state index contributed by atoms with van der Waals surface area (Å²) in [5.41, 5.74) is 7.81. The van der Waals surface area contributed by atoms with Crippen LogP contribution in [0, 0.1) is 0 Å². The normalized spacial score (nSPS) is 10.4. The summed E-state index contributed by atoms with van der Waals surface area (Å²) in [5.74, 6) is 0.580. The highest BCUT2D eigenvalue weighted by Crippen LogP contribution is 2.20. The van der Waals surface area contributed by atoms with Crippen LogP contribution in [0.15, 0.2) is 30.5 Å². The fourth-order valence-corrected chi connectivity index (χ4v) is 1.67. The number of nitrogens with one attached hydrogen (secondary N) is 1. The van der Waals surface area contributed by atoms with E-state index in [1.54, 1.807) is 6.20 Å². The van der Waals surface area contributed by atoms with E-state index < -0.39 is 0 Å². The molecule has 0 amide bonds. The summed E-state index contributed by atoms with van der Waals surface area (Å²) < 4.78 is 0. The van der Waals surface area contributed by atoms with Gasteiger partial charge in [0.2, 0.25) is 0 Å². The zero-order valence-electron chi connectivity index (χ0n) is 8.94. The van der Waals surface area contributed by atoms with Gasteiger partial charge in [0.25, 0.3) is 0 Å². The Morgan fingerprint density at radius 1 is 1.38 bits per heavy atom. The van der Waals surface area contributed by atoms with Gasteiger partial charge in [-0.3, -0.25) is 5.10 Å². The molecule has 4 nitrogen and oxygen atoms in total. The van der Waals surface area contributed by atoms with E-state index in [4.69, 9.17) is 17.3 Å². The van der Waals surface area contributed by atoms with Crippen molar-refractivity contribution in [3.05, 3.63) is 41.0 Å². The van der Waals surface area contributed by atoms with Crippen molar-refractivity contribution in [1.29, 1.82) is 0 Å². The van der Waals surface area contributed by atoms with Gasteiger partial charge in [0.1, 0.15) is 5.82 Å². The number of hydrogen-bond acceptors (Lipinski definition) is 3. The summed E-state index contributed by atoms with van der Waals surface area (Å²) in [6, 6.07) is 7.75. The lowest BCUT2D eigenvalue weighted by atomic mass is 10.2. The molecule has 0 aliphatic heterocycles. The molecule has 0 atom stereocenters. The Hall–Kier alpha value is -1.68. The van der Waals surface area contributed by atoms with Crippen LogP contribution in [0.3, 0.4) is 0 Å². The molecule has 16 heavy (non-hydrogen) atoms. The molecule has 84 valence electrons. The van der Waals surface area contributed by atoms with Gasteiger partial charge >= 0.3 is 0 Å². The van der Waals surface area contributed by atoms with E-state index >= 15 is 0 Å².